The van der Waals surface area contributed by atoms with E-state index in [1.165, 1.54) is 81.9 Å². The van der Waals surface area contributed by atoms with E-state index in [4.69, 9.17) is 4.74 Å². The monoisotopic (exact) mass is 635 g/mol. The number of aromatic nitrogens is 1. The highest BCUT2D eigenvalue weighted by atomic mass is 16.5. The van der Waals surface area contributed by atoms with Gasteiger partial charge in [0, 0.05) is 27.4 Å². The minimum absolute atomic E-state index is 0.913. The van der Waals surface area contributed by atoms with Gasteiger partial charge in [0.2, 0.25) is 0 Å². The van der Waals surface area contributed by atoms with Crippen molar-refractivity contribution in [3.63, 3.8) is 0 Å². The number of nitrogens with zero attached hydrogens (tertiary/aromatic N) is 1. The summed E-state index contributed by atoms with van der Waals surface area (Å²) in [4.78, 5) is 0. The Morgan fingerprint density at radius 2 is 0.880 bits per heavy atom. The predicted octanol–water partition coefficient (Wildman–Crippen LogP) is 13.3. The summed E-state index contributed by atoms with van der Waals surface area (Å²) in [6, 6.07) is 63.9. The van der Waals surface area contributed by atoms with Gasteiger partial charge in [0.05, 0.1) is 11.0 Å². The third-order valence-electron chi connectivity index (χ3n) is 10.6. The second-order valence-corrected chi connectivity index (χ2v) is 13.3. The Kier molecular flexibility index (Phi) is 5.70. The number of rotatable bonds is 3. The van der Waals surface area contributed by atoms with E-state index in [1.807, 2.05) is 12.1 Å². The highest BCUT2D eigenvalue weighted by molar-refractivity contribution is 6.17. The fourth-order valence-corrected chi connectivity index (χ4v) is 8.14. The standard InChI is InChI=1S/C48H29NO/c1-3-10-35-28-44-42(26-33(35)8-1)43-27-34-9-2-4-11-36(34)29-45(43)49(44)37-22-20-31(21-23-37)30-16-18-32(19-17-30)38-24-25-47-48-40(38)13-7-14-41(48)39-12-5-6-15-46(39)50-47/h1-29H. The van der Waals surface area contributed by atoms with Crippen LogP contribution in [0.5, 0.6) is 11.5 Å². The normalized spacial score (nSPS) is 12.2. The largest absolute Gasteiger partial charge is 0.456 e. The quantitative estimate of drug-likeness (QED) is 0.188. The van der Waals surface area contributed by atoms with Gasteiger partial charge in [-0.2, -0.15) is 0 Å². The Morgan fingerprint density at radius 1 is 0.340 bits per heavy atom. The van der Waals surface area contributed by atoms with Gasteiger partial charge in [-0.15, -0.1) is 0 Å². The van der Waals surface area contributed by atoms with Gasteiger partial charge in [-0.3, -0.25) is 0 Å². The van der Waals surface area contributed by atoms with Crippen LogP contribution in [0.25, 0.3) is 93.2 Å². The van der Waals surface area contributed by atoms with Crippen molar-refractivity contribution in [3.8, 4) is 50.6 Å². The van der Waals surface area contributed by atoms with Gasteiger partial charge >= 0.3 is 0 Å². The highest BCUT2D eigenvalue weighted by Crippen LogP contribution is 2.48. The van der Waals surface area contributed by atoms with Crippen LogP contribution >= 0.6 is 0 Å². The average molecular weight is 636 g/mol. The van der Waals surface area contributed by atoms with Crippen molar-refractivity contribution in [1.29, 1.82) is 0 Å². The molecule has 0 spiro atoms. The number of benzene rings is 9. The van der Waals surface area contributed by atoms with Crippen LogP contribution in [-0.4, -0.2) is 4.57 Å². The maximum atomic E-state index is 6.34. The van der Waals surface area contributed by atoms with Gasteiger partial charge in [0.1, 0.15) is 11.5 Å². The number of ether oxygens (including phenoxy) is 1. The number of hydrogen-bond acceptors (Lipinski definition) is 1. The number of hydrogen-bond donors (Lipinski definition) is 0. The molecule has 0 atom stereocenters. The zero-order valence-corrected chi connectivity index (χ0v) is 27.1. The lowest BCUT2D eigenvalue weighted by Crippen LogP contribution is -1.97. The molecule has 1 aliphatic heterocycles. The molecule has 0 aliphatic carbocycles. The molecule has 232 valence electrons. The van der Waals surface area contributed by atoms with Crippen molar-refractivity contribution >= 4 is 54.1 Å². The van der Waals surface area contributed by atoms with Crippen LogP contribution in [-0.2, 0) is 0 Å². The molecule has 1 aromatic heterocycles. The molecular formula is C48H29NO. The van der Waals surface area contributed by atoms with E-state index < -0.39 is 0 Å². The van der Waals surface area contributed by atoms with Crippen LogP contribution in [0, 0.1) is 0 Å². The lowest BCUT2D eigenvalue weighted by atomic mass is 9.90. The van der Waals surface area contributed by atoms with Gasteiger partial charge in [-0.1, -0.05) is 127 Å². The average Bonchev–Trinajstić information content (AvgIpc) is 3.48. The van der Waals surface area contributed by atoms with Crippen molar-refractivity contribution in [2.45, 2.75) is 0 Å². The molecule has 10 aromatic rings. The summed E-state index contributed by atoms with van der Waals surface area (Å²) in [7, 11) is 0. The van der Waals surface area contributed by atoms with Crippen LogP contribution in [0.4, 0.5) is 0 Å². The van der Waals surface area contributed by atoms with Crippen molar-refractivity contribution in [2.75, 3.05) is 0 Å². The Hall–Kier alpha value is -6.64. The molecule has 0 fully saturated rings. The van der Waals surface area contributed by atoms with Crippen molar-refractivity contribution in [1.82, 2.24) is 4.57 Å². The molecule has 2 heterocycles. The first-order valence-electron chi connectivity index (χ1n) is 17.2. The van der Waals surface area contributed by atoms with E-state index in [0.717, 1.165) is 22.7 Å². The first-order valence-corrected chi connectivity index (χ1v) is 17.2. The Bertz CT molecular complexity index is 2890. The van der Waals surface area contributed by atoms with E-state index in [0.29, 0.717) is 0 Å². The van der Waals surface area contributed by atoms with E-state index in [-0.39, 0.29) is 0 Å². The third kappa shape index (κ3) is 4.03. The fourth-order valence-electron chi connectivity index (χ4n) is 8.14. The zero-order chi connectivity index (χ0) is 32.8. The van der Waals surface area contributed by atoms with Crippen LogP contribution in [0.2, 0.25) is 0 Å². The van der Waals surface area contributed by atoms with Crippen LogP contribution in [0.3, 0.4) is 0 Å². The summed E-state index contributed by atoms with van der Waals surface area (Å²) < 4.78 is 8.76. The summed E-state index contributed by atoms with van der Waals surface area (Å²) in [5.74, 6) is 1.83. The Morgan fingerprint density at radius 3 is 1.54 bits per heavy atom. The van der Waals surface area contributed by atoms with E-state index in [9.17, 15) is 0 Å². The van der Waals surface area contributed by atoms with Gasteiger partial charge in [0.15, 0.2) is 0 Å². The fraction of sp³-hybridized carbons (Fsp3) is 0. The molecule has 0 N–H and O–H groups in total. The molecule has 1 aliphatic rings. The second kappa shape index (κ2) is 10.4. The van der Waals surface area contributed by atoms with Crippen LogP contribution in [0.15, 0.2) is 176 Å². The third-order valence-corrected chi connectivity index (χ3v) is 10.6. The molecule has 2 nitrogen and oxygen atoms in total. The highest BCUT2D eigenvalue weighted by Gasteiger charge is 2.21. The molecular weight excluding hydrogens is 607 g/mol. The lowest BCUT2D eigenvalue weighted by Gasteiger charge is -2.22. The molecule has 50 heavy (non-hydrogen) atoms. The van der Waals surface area contributed by atoms with Gasteiger partial charge in [0.25, 0.3) is 0 Å². The first-order chi connectivity index (χ1) is 24.8. The Labute approximate surface area is 289 Å². The first kappa shape index (κ1) is 27.3. The molecule has 0 saturated carbocycles. The number of para-hydroxylation sites is 1. The van der Waals surface area contributed by atoms with Gasteiger partial charge in [-0.05, 0) is 103 Å². The smallest absolute Gasteiger partial charge is 0.135 e. The predicted molar refractivity (Wildman–Crippen MR) is 210 cm³/mol. The maximum absolute atomic E-state index is 6.34. The summed E-state index contributed by atoms with van der Waals surface area (Å²) >= 11 is 0. The second-order valence-electron chi connectivity index (χ2n) is 13.3. The Balaban J connectivity index is 0.995. The molecule has 2 heteroatoms. The summed E-state index contributed by atoms with van der Waals surface area (Å²) in [5.41, 5.74) is 10.8. The van der Waals surface area contributed by atoms with Gasteiger partial charge in [-0.25, -0.2) is 0 Å². The minimum atomic E-state index is 0.913. The molecule has 0 bridgehead atoms. The van der Waals surface area contributed by atoms with Crippen molar-refractivity contribution < 1.29 is 4.74 Å². The van der Waals surface area contributed by atoms with E-state index >= 15 is 0 Å². The summed E-state index contributed by atoms with van der Waals surface area (Å²) in [6.07, 6.45) is 0. The van der Waals surface area contributed by atoms with Crippen molar-refractivity contribution in [2.24, 2.45) is 0 Å². The van der Waals surface area contributed by atoms with Crippen LogP contribution < -0.4 is 4.74 Å². The summed E-state index contributed by atoms with van der Waals surface area (Å²) in [5, 5.41) is 9.95. The number of fused-ring (bicyclic) bond motifs is 7. The van der Waals surface area contributed by atoms with Gasteiger partial charge < -0.3 is 9.30 Å². The molecule has 0 saturated heterocycles. The zero-order valence-electron chi connectivity index (χ0n) is 27.1. The molecule has 11 rings (SSSR count). The lowest BCUT2D eigenvalue weighted by molar-refractivity contribution is 0.487. The van der Waals surface area contributed by atoms with Crippen molar-refractivity contribution in [3.05, 3.63) is 176 Å². The molecule has 0 unspecified atom stereocenters. The topological polar surface area (TPSA) is 14.2 Å². The molecule has 0 radical (unpaired) electrons. The minimum Gasteiger partial charge on any atom is -0.456 e. The molecule has 9 aromatic carbocycles. The maximum Gasteiger partial charge on any atom is 0.135 e. The summed E-state index contributed by atoms with van der Waals surface area (Å²) in [6.45, 7) is 0. The van der Waals surface area contributed by atoms with E-state index in [1.54, 1.807) is 0 Å². The molecule has 0 amide bonds. The van der Waals surface area contributed by atoms with Crippen LogP contribution in [0.1, 0.15) is 0 Å². The van der Waals surface area contributed by atoms with E-state index in [2.05, 4.69) is 168 Å². The SMILES string of the molecule is c1ccc2c(c1)Oc1ccc(-c3ccc(-c4ccc(-n5c6cc7ccccc7cc6c6cc7ccccc7cc65)cc4)cc3)c3cccc-2c13.